The van der Waals surface area contributed by atoms with Gasteiger partial charge in [-0.1, -0.05) is 17.3 Å². The molecule has 36 heavy (non-hydrogen) atoms. The lowest BCUT2D eigenvalue weighted by atomic mass is 10.1. The van der Waals surface area contributed by atoms with Gasteiger partial charge in [-0.05, 0) is 24.1 Å². The Hall–Kier alpha value is -3.97. The second-order valence-electron chi connectivity index (χ2n) is 8.61. The van der Waals surface area contributed by atoms with Gasteiger partial charge < -0.3 is 14.5 Å². The van der Waals surface area contributed by atoms with Crippen molar-refractivity contribution in [1.82, 2.24) is 40.0 Å². The molecule has 0 fully saturated rings. The molecule has 0 saturated carbocycles. The van der Waals surface area contributed by atoms with Crippen LogP contribution in [0.1, 0.15) is 39.8 Å². The van der Waals surface area contributed by atoms with E-state index in [0.717, 1.165) is 17.0 Å². The monoisotopic (exact) mass is 504 g/mol. The molecule has 5 rings (SSSR count). The predicted octanol–water partition coefficient (Wildman–Crippen LogP) is 1.51. The number of aromatic nitrogens is 6. The standard InChI is InChI=1S/C22H23F3N8O3/c23-22(24,25)36-15-4-1-14(2-5-15)3-6-19(34)31-10-8-18-26-20(29-33(18)12-11-31)21(35)32-9-7-16-17(13-32)28-30-27-16/h1-2,4-5H,3,6-13H2,(H,27,28,30). The van der Waals surface area contributed by atoms with Crippen molar-refractivity contribution in [3.8, 4) is 5.75 Å². The number of hydrogen-bond acceptors (Lipinski definition) is 7. The molecule has 190 valence electrons. The van der Waals surface area contributed by atoms with Gasteiger partial charge in [-0.15, -0.1) is 23.4 Å². The fourth-order valence-electron chi connectivity index (χ4n) is 4.33. The number of halogens is 3. The highest BCUT2D eigenvalue weighted by Crippen LogP contribution is 2.23. The number of H-pyrrole nitrogens is 1. The van der Waals surface area contributed by atoms with Gasteiger partial charge in [-0.25, -0.2) is 9.67 Å². The van der Waals surface area contributed by atoms with Crippen molar-refractivity contribution < 1.29 is 27.5 Å². The second kappa shape index (κ2) is 9.59. The lowest BCUT2D eigenvalue weighted by molar-refractivity contribution is -0.274. The van der Waals surface area contributed by atoms with Crippen LogP contribution in [0.4, 0.5) is 13.2 Å². The number of rotatable bonds is 5. The summed E-state index contributed by atoms with van der Waals surface area (Å²) in [4.78, 5) is 33.5. The van der Waals surface area contributed by atoms with Crippen molar-refractivity contribution in [3.05, 3.63) is 52.9 Å². The SMILES string of the molecule is O=C(CCc1ccc(OC(F)(F)F)cc1)N1CCc2nc(C(=O)N3CCc4[nH]nnc4C3)nn2CC1. The number of benzene rings is 1. The zero-order valence-electron chi connectivity index (χ0n) is 19.2. The normalized spacial score (nSPS) is 15.8. The van der Waals surface area contributed by atoms with E-state index in [1.807, 2.05) is 0 Å². The van der Waals surface area contributed by atoms with Crippen LogP contribution in [-0.4, -0.2) is 77.8 Å². The number of carbonyl (C=O) groups excluding carboxylic acids is 2. The molecule has 0 atom stereocenters. The van der Waals surface area contributed by atoms with E-state index in [-0.39, 0.29) is 29.8 Å². The lowest BCUT2D eigenvalue weighted by Gasteiger charge is -2.24. The minimum Gasteiger partial charge on any atom is -0.406 e. The van der Waals surface area contributed by atoms with Crippen LogP contribution in [-0.2, 0) is 37.1 Å². The van der Waals surface area contributed by atoms with Gasteiger partial charge in [0.2, 0.25) is 11.7 Å². The molecule has 1 aromatic carbocycles. The van der Waals surface area contributed by atoms with Crippen molar-refractivity contribution in [2.75, 3.05) is 19.6 Å². The molecular weight excluding hydrogens is 481 g/mol. The molecule has 0 unspecified atom stereocenters. The Balaban J connectivity index is 1.13. The number of ether oxygens (including phenoxy) is 1. The summed E-state index contributed by atoms with van der Waals surface area (Å²) in [5.41, 5.74) is 2.42. The molecule has 1 N–H and O–H groups in total. The maximum absolute atomic E-state index is 12.9. The Morgan fingerprint density at radius 2 is 1.81 bits per heavy atom. The highest BCUT2D eigenvalue weighted by atomic mass is 19.4. The molecule has 11 nitrogen and oxygen atoms in total. The van der Waals surface area contributed by atoms with E-state index in [2.05, 4.69) is 30.2 Å². The summed E-state index contributed by atoms with van der Waals surface area (Å²) in [6.45, 7) is 2.16. The van der Waals surface area contributed by atoms with Crippen LogP contribution in [0.5, 0.6) is 5.75 Å². The lowest BCUT2D eigenvalue weighted by Crippen LogP contribution is -2.37. The molecule has 0 saturated heterocycles. The number of alkyl halides is 3. The maximum Gasteiger partial charge on any atom is 0.573 e. The van der Waals surface area contributed by atoms with Crippen LogP contribution in [0.3, 0.4) is 0 Å². The summed E-state index contributed by atoms with van der Waals surface area (Å²) in [6, 6.07) is 5.50. The minimum absolute atomic E-state index is 0.0654. The van der Waals surface area contributed by atoms with Crippen LogP contribution in [0, 0.1) is 0 Å². The van der Waals surface area contributed by atoms with E-state index in [9.17, 15) is 22.8 Å². The molecule has 2 aliphatic heterocycles. The fraction of sp³-hybridized carbons (Fsp3) is 0.455. The summed E-state index contributed by atoms with van der Waals surface area (Å²) < 4.78 is 42.4. The molecule has 0 radical (unpaired) electrons. The van der Waals surface area contributed by atoms with E-state index in [0.29, 0.717) is 57.8 Å². The van der Waals surface area contributed by atoms with Crippen molar-refractivity contribution in [2.24, 2.45) is 0 Å². The van der Waals surface area contributed by atoms with Crippen LogP contribution in [0.2, 0.25) is 0 Å². The zero-order valence-corrected chi connectivity index (χ0v) is 19.2. The third kappa shape index (κ3) is 5.31. The predicted molar refractivity (Wildman–Crippen MR) is 117 cm³/mol. The Labute approximate surface area is 203 Å². The summed E-state index contributed by atoms with van der Waals surface area (Å²) in [5.74, 6) is 0.156. The minimum atomic E-state index is -4.74. The van der Waals surface area contributed by atoms with Crippen LogP contribution >= 0.6 is 0 Å². The summed E-state index contributed by atoms with van der Waals surface area (Å²) in [7, 11) is 0. The number of hydrogen-bond donors (Lipinski definition) is 1. The van der Waals surface area contributed by atoms with Gasteiger partial charge in [0, 0.05) is 38.9 Å². The number of aromatic amines is 1. The maximum atomic E-state index is 12.9. The fourth-order valence-corrected chi connectivity index (χ4v) is 4.33. The third-order valence-corrected chi connectivity index (χ3v) is 6.23. The number of nitrogens with zero attached hydrogens (tertiary/aromatic N) is 7. The van der Waals surface area contributed by atoms with Crippen LogP contribution in [0.25, 0.3) is 0 Å². The summed E-state index contributed by atoms with van der Waals surface area (Å²) >= 11 is 0. The summed E-state index contributed by atoms with van der Waals surface area (Å²) in [5, 5.41) is 15.0. The Bertz CT molecular complexity index is 1230. The van der Waals surface area contributed by atoms with Crippen molar-refractivity contribution in [2.45, 2.75) is 45.1 Å². The molecule has 4 heterocycles. The van der Waals surface area contributed by atoms with Gasteiger partial charge in [0.05, 0.1) is 18.8 Å². The van der Waals surface area contributed by atoms with Gasteiger partial charge in [-0.3, -0.25) is 14.7 Å². The molecule has 2 amide bonds. The van der Waals surface area contributed by atoms with Gasteiger partial charge in [0.1, 0.15) is 17.3 Å². The third-order valence-electron chi connectivity index (χ3n) is 6.23. The molecule has 2 aliphatic rings. The van der Waals surface area contributed by atoms with Crippen LogP contribution < -0.4 is 4.74 Å². The van der Waals surface area contributed by atoms with Crippen molar-refractivity contribution in [3.63, 3.8) is 0 Å². The molecule has 0 bridgehead atoms. The largest absolute Gasteiger partial charge is 0.573 e. The van der Waals surface area contributed by atoms with Gasteiger partial charge >= 0.3 is 6.36 Å². The molecular formula is C22H23F3N8O3. The first-order valence-corrected chi connectivity index (χ1v) is 11.5. The molecule has 0 aliphatic carbocycles. The highest BCUT2D eigenvalue weighted by molar-refractivity contribution is 5.90. The van der Waals surface area contributed by atoms with Gasteiger partial charge in [0.25, 0.3) is 5.91 Å². The molecule has 14 heteroatoms. The number of amides is 2. The first-order chi connectivity index (χ1) is 17.2. The average molecular weight is 504 g/mol. The van der Waals surface area contributed by atoms with E-state index in [1.54, 1.807) is 14.5 Å². The van der Waals surface area contributed by atoms with Crippen molar-refractivity contribution in [1.29, 1.82) is 0 Å². The summed E-state index contributed by atoms with van der Waals surface area (Å²) in [6.07, 6.45) is -3.02. The number of carbonyl (C=O) groups is 2. The average Bonchev–Trinajstić information content (AvgIpc) is 3.44. The van der Waals surface area contributed by atoms with E-state index in [4.69, 9.17) is 0 Å². The topological polar surface area (TPSA) is 122 Å². The highest BCUT2D eigenvalue weighted by Gasteiger charge is 2.31. The van der Waals surface area contributed by atoms with E-state index in [1.165, 1.54) is 24.3 Å². The van der Waals surface area contributed by atoms with E-state index < -0.39 is 6.36 Å². The van der Waals surface area contributed by atoms with Gasteiger partial charge in [0.15, 0.2) is 0 Å². The van der Waals surface area contributed by atoms with E-state index >= 15 is 0 Å². The number of aryl methyl sites for hydroxylation is 1. The van der Waals surface area contributed by atoms with Gasteiger partial charge in [-0.2, -0.15) is 0 Å². The molecule has 3 aromatic rings. The van der Waals surface area contributed by atoms with Crippen LogP contribution in [0.15, 0.2) is 24.3 Å². The Kier molecular flexibility index (Phi) is 6.33. The molecule has 2 aromatic heterocycles. The Morgan fingerprint density at radius 3 is 2.58 bits per heavy atom. The Morgan fingerprint density at radius 1 is 1.03 bits per heavy atom. The zero-order chi connectivity index (χ0) is 25.3. The number of fused-ring (bicyclic) bond motifs is 2. The first kappa shape index (κ1) is 23.8. The number of nitrogens with one attached hydrogen (secondary N) is 1. The quantitative estimate of drug-likeness (QED) is 0.559. The second-order valence-corrected chi connectivity index (χ2v) is 8.61. The van der Waals surface area contributed by atoms with Crippen molar-refractivity contribution >= 4 is 11.8 Å². The smallest absolute Gasteiger partial charge is 0.406 e. The molecule has 0 spiro atoms. The first-order valence-electron chi connectivity index (χ1n) is 11.5.